The second-order valence-electron chi connectivity index (χ2n) is 5.24. The molecule has 0 unspecified atom stereocenters. The van der Waals surface area contributed by atoms with Gasteiger partial charge in [-0.15, -0.1) is 10.2 Å². The van der Waals surface area contributed by atoms with Crippen LogP contribution in [0.3, 0.4) is 0 Å². The Morgan fingerprint density at radius 1 is 1.45 bits per heavy atom. The van der Waals surface area contributed by atoms with Gasteiger partial charge in [-0.1, -0.05) is 0 Å². The minimum atomic E-state index is -0.340. The molecule has 2 aromatic rings. The molecule has 8 heteroatoms. The summed E-state index contributed by atoms with van der Waals surface area (Å²) in [6.07, 6.45) is 1.33. The van der Waals surface area contributed by atoms with Crippen molar-refractivity contribution in [3.05, 3.63) is 22.7 Å². The fourth-order valence-electron chi connectivity index (χ4n) is 2.45. The van der Waals surface area contributed by atoms with Crippen molar-refractivity contribution in [3.63, 3.8) is 0 Å². The third kappa shape index (κ3) is 3.16. The first-order valence-corrected chi connectivity index (χ1v) is 8.00. The van der Waals surface area contributed by atoms with Gasteiger partial charge in [0.25, 0.3) is 0 Å². The number of aryl methyl sites for hydroxylation is 1. The number of hydrogen-bond acceptors (Lipinski definition) is 6. The van der Waals surface area contributed by atoms with Crippen LogP contribution in [0.5, 0.6) is 0 Å². The monoisotopic (exact) mass is 320 g/mol. The maximum atomic E-state index is 12.1. The van der Waals surface area contributed by atoms with Crippen LogP contribution in [-0.4, -0.2) is 40.0 Å². The molecule has 3 heterocycles. The average Bonchev–Trinajstić information content (AvgIpc) is 3.23. The predicted molar refractivity (Wildman–Crippen MR) is 79.8 cm³/mol. The Kier molecular flexibility index (Phi) is 4.19. The SMILES string of the molecule is NC(=O)[C@@H]1CCN(C(=O)CCc2nnc(-c3ccsc3)o2)C1. The lowest BCUT2D eigenvalue weighted by atomic mass is 10.1. The first-order valence-electron chi connectivity index (χ1n) is 7.05. The number of primary amides is 1. The molecule has 1 atom stereocenters. The molecule has 1 fully saturated rings. The molecule has 1 aliphatic rings. The van der Waals surface area contributed by atoms with Crippen molar-refractivity contribution in [2.45, 2.75) is 19.3 Å². The first-order chi connectivity index (χ1) is 10.6. The number of amides is 2. The predicted octanol–water partition coefficient (Wildman–Crippen LogP) is 1.06. The highest BCUT2D eigenvalue weighted by molar-refractivity contribution is 7.08. The lowest BCUT2D eigenvalue weighted by molar-refractivity contribution is -0.130. The Balaban J connectivity index is 1.52. The van der Waals surface area contributed by atoms with Crippen molar-refractivity contribution in [1.82, 2.24) is 15.1 Å². The van der Waals surface area contributed by atoms with Gasteiger partial charge in [-0.2, -0.15) is 11.3 Å². The second kappa shape index (κ2) is 6.27. The number of carbonyl (C=O) groups excluding carboxylic acids is 2. The number of carbonyl (C=O) groups is 2. The van der Waals surface area contributed by atoms with Crippen LogP contribution in [0.15, 0.2) is 21.2 Å². The molecular formula is C14H16N4O3S. The van der Waals surface area contributed by atoms with E-state index in [-0.39, 0.29) is 24.2 Å². The van der Waals surface area contributed by atoms with Gasteiger partial charge in [0, 0.05) is 36.9 Å². The van der Waals surface area contributed by atoms with Gasteiger partial charge in [0.15, 0.2) is 0 Å². The fourth-order valence-corrected chi connectivity index (χ4v) is 3.08. The number of nitrogens with zero attached hydrogens (tertiary/aromatic N) is 3. The molecular weight excluding hydrogens is 304 g/mol. The number of hydrogen-bond donors (Lipinski definition) is 1. The summed E-state index contributed by atoms with van der Waals surface area (Å²) in [5.74, 6) is 0.336. The highest BCUT2D eigenvalue weighted by atomic mass is 32.1. The smallest absolute Gasteiger partial charge is 0.248 e. The van der Waals surface area contributed by atoms with Crippen LogP contribution in [-0.2, 0) is 16.0 Å². The number of nitrogens with two attached hydrogens (primary N) is 1. The summed E-state index contributed by atoms with van der Waals surface area (Å²) in [4.78, 5) is 24.9. The standard InChI is InChI=1S/C14H16N4O3S/c15-13(20)9-3-5-18(7-9)12(19)2-1-11-16-17-14(21-11)10-4-6-22-8-10/h4,6,8-9H,1-3,5,7H2,(H2,15,20)/t9-/m1/s1. The third-order valence-electron chi connectivity index (χ3n) is 3.73. The van der Waals surface area contributed by atoms with Crippen molar-refractivity contribution in [2.75, 3.05) is 13.1 Å². The molecule has 2 amide bonds. The average molecular weight is 320 g/mol. The van der Waals surface area contributed by atoms with E-state index in [4.69, 9.17) is 10.2 Å². The molecule has 1 aliphatic heterocycles. The normalized spacial score (nSPS) is 17.8. The number of rotatable bonds is 5. The summed E-state index contributed by atoms with van der Waals surface area (Å²) in [6.45, 7) is 0.995. The van der Waals surface area contributed by atoms with E-state index < -0.39 is 0 Å². The number of likely N-dealkylation sites (tertiary alicyclic amines) is 1. The molecule has 0 aromatic carbocycles. The van der Waals surface area contributed by atoms with Crippen molar-refractivity contribution in [3.8, 4) is 11.5 Å². The molecule has 0 saturated carbocycles. The summed E-state index contributed by atoms with van der Waals surface area (Å²) in [5, 5.41) is 11.8. The molecule has 2 aromatic heterocycles. The zero-order valence-corrected chi connectivity index (χ0v) is 12.7. The van der Waals surface area contributed by atoms with Gasteiger partial charge in [-0.05, 0) is 17.9 Å². The van der Waals surface area contributed by atoms with Crippen LogP contribution < -0.4 is 5.73 Å². The summed E-state index contributed by atoms with van der Waals surface area (Å²) in [6, 6.07) is 1.90. The molecule has 22 heavy (non-hydrogen) atoms. The molecule has 3 rings (SSSR count). The van der Waals surface area contributed by atoms with E-state index in [1.165, 1.54) is 0 Å². The largest absolute Gasteiger partial charge is 0.421 e. The minimum absolute atomic E-state index is 0.0148. The summed E-state index contributed by atoms with van der Waals surface area (Å²) in [5.41, 5.74) is 6.15. The van der Waals surface area contributed by atoms with Gasteiger partial charge in [-0.25, -0.2) is 0 Å². The molecule has 2 N–H and O–H groups in total. The van der Waals surface area contributed by atoms with Gasteiger partial charge in [-0.3, -0.25) is 9.59 Å². The van der Waals surface area contributed by atoms with E-state index in [0.717, 1.165) is 5.56 Å². The summed E-state index contributed by atoms with van der Waals surface area (Å²) < 4.78 is 5.54. The van der Waals surface area contributed by atoms with E-state index >= 15 is 0 Å². The molecule has 116 valence electrons. The molecule has 0 bridgehead atoms. The highest BCUT2D eigenvalue weighted by Crippen LogP contribution is 2.21. The highest BCUT2D eigenvalue weighted by Gasteiger charge is 2.29. The van der Waals surface area contributed by atoms with Crippen molar-refractivity contribution >= 4 is 23.2 Å². The van der Waals surface area contributed by atoms with Crippen molar-refractivity contribution in [2.24, 2.45) is 11.7 Å². The van der Waals surface area contributed by atoms with Crippen LogP contribution in [0.1, 0.15) is 18.7 Å². The van der Waals surface area contributed by atoms with E-state index in [2.05, 4.69) is 10.2 Å². The van der Waals surface area contributed by atoms with Crippen LogP contribution in [0.25, 0.3) is 11.5 Å². The van der Waals surface area contributed by atoms with E-state index in [9.17, 15) is 9.59 Å². The summed E-state index contributed by atoms with van der Waals surface area (Å²) in [7, 11) is 0. The number of aromatic nitrogens is 2. The van der Waals surface area contributed by atoms with Gasteiger partial charge < -0.3 is 15.1 Å². The Morgan fingerprint density at radius 2 is 2.32 bits per heavy atom. The molecule has 0 aliphatic carbocycles. The fraction of sp³-hybridized carbons (Fsp3) is 0.429. The Morgan fingerprint density at radius 3 is 3.00 bits per heavy atom. The molecule has 0 spiro atoms. The second-order valence-corrected chi connectivity index (χ2v) is 6.02. The zero-order valence-electron chi connectivity index (χ0n) is 11.9. The van der Waals surface area contributed by atoms with Gasteiger partial charge in [0.05, 0.1) is 5.92 Å². The van der Waals surface area contributed by atoms with E-state index in [1.807, 2.05) is 16.8 Å². The van der Waals surface area contributed by atoms with Gasteiger partial charge >= 0.3 is 0 Å². The third-order valence-corrected chi connectivity index (χ3v) is 4.41. The van der Waals surface area contributed by atoms with Crippen molar-refractivity contribution in [1.29, 1.82) is 0 Å². The van der Waals surface area contributed by atoms with E-state index in [0.29, 0.717) is 37.7 Å². The Bertz CT molecular complexity index is 667. The maximum Gasteiger partial charge on any atom is 0.248 e. The topological polar surface area (TPSA) is 102 Å². The maximum absolute atomic E-state index is 12.1. The lowest BCUT2D eigenvalue weighted by Crippen LogP contribution is -2.31. The van der Waals surface area contributed by atoms with Crippen LogP contribution in [0, 0.1) is 5.92 Å². The lowest BCUT2D eigenvalue weighted by Gasteiger charge is -2.15. The summed E-state index contributed by atoms with van der Waals surface area (Å²) >= 11 is 1.55. The van der Waals surface area contributed by atoms with Crippen LogP contribution in [0.2, 0.25) is 0 Å². The Labute approximate surface area is 131 Å². The van der Waals surface area contributed by atoms with Crippen LogP contribution in [0.4, 0.5) is 0 Å². The van der Waals surface area contributed by atoms with Gasteiger partial charge in [0.1, 0.15) is 0 Å². The molecule has 7 nitrogen and oxygen atoms in total. The number of thiophene rings is 1. The first kappa shape index (κ1) is 14.7. The zero-order chi connectivity index (χ0) is 15.5. The van der Waals surface area contributed by atoms with Gasteiger partial charge in [0.2, 0.25) is 23.6 Å². The van der Waals surface area contributed by atoms with E-state index in [1.54, 1.807) is 16.2 Å². The molecule has 0 radical (unpaired) electrons. The Hall–Kier alpha value is -2.22. The van der Waals surface area contributed by atoms with Crippen molar-refractivity contribution < 1.29 is 14.0 Å². The quantitative estimate of drug-likeness (QED) is 0.887. The van der Waals surface area contributed by atoms with Crippen LogP contribution >= 0.6 is 11.3 Å². The molecule has 1 saturated heterocycles. The minimum Gasteiger partial charge on any atom is -0.421 e.